The third kappa shape index (κ3) is 7.36. The van der Waals surface area contributed by atoms with Crippen molar-refractivity contribution in [2.75, 3.05) is 0 Å². The van der Waals surface area contributed by atoms with Crippen molar-refractivity contribution >= 4 is 17.3 Å². The predicted molar refractivity (Wildman–Crippen MR) is 90.0 cm³/mol. The van der Waals surface area contributed by atoms with Crippen molar-refractivity contribution in [1.29, 1.82) is 0 Å². The van der Waals surface area contributed by atoms with Crippen molar-refractivity contribution < 1.29 is 14.6 Å². The number of aromatic nitrogens is 1. The third-order valence-electron chi connectivity index (χ3n) is 3.42. The molecule has 0 bridgehead atoms. The summed E-state index contributed by atoms with van der Waals surface area (Å²) in [5, 5.41) is 10.2. The number of thiazole rings is 1. The van der Waals surface area contributed by atoms with E-state index in [-0.39, 0.29) is 18.2 Å². The van der Waals surface area contributed by atoms with E-state index in [2.05, 4.69) is 11.9 Å². The van der Waals surface area contributed by atoms with Gasteiger partial charge < -0.3 is 9.84 Å². The molecule has 0 aromatic carbocycles. The Morgan fingerprint density at radius 3 is 2.64 bits per heavy atom. The fourth-order valence-corrected chi connectivity index (χ4v) is 3.31. The summed E-state index contributed by atoms with van der Waals surface area (Å²) in [4.78, 5) is 17.0. The lowest BCUT2D eigenvalue weighted by Crippen LogP contribution is -2.23. The summed E-state index contributed by atoms with van der Waals surface area (Å²) >= 11 is 1.61. The molecule has 0 spiro atoms. The second-order valence-corrected chi connectivity index (χ2v) is 7.76. The highest BCUT2D eigenvalue weighted by Gasteiger charge is 2.16. The van der Waals surface area contributed by atoms with Crippen LogP contribution in [0.4, 0.5) is 0 Å². The van der Waals surface area contributed by atoms with Crippen LogP contribution >= 0.6 is 11.3 Å². The van der Waals surface area contributed by atoms with Crippen molar-refractivity contribution in [3.8, 4) is 0 Å². The lowest BCUT2D eigenvalue weighted by Gasteiger charge is -2.19. The van der Waals surface area contributed by atoms with E-state index in [1.807, 2.05) is 20.8 Å². The average molecular weight is 327 g/mol. The first-order chi connectivity index (χ1) is 10.4. The average Bonchev–Trinajstić information content (AvgIpc) is 2.89. The molecule has 0 aliphatic rings. The lowest BCUT2D eigenvalue weighted by atomic mass is 9.99. The van der Waals surface area contributed by atoms with Crippen LogP contribution in [0, 0.1) is 0 Å². The number of nitrogens with zero attached hydrogens (tertiary/aromatic N) is 1. The first kappa shape index (κ1) is 19.1. The van der Waals surface area contributed by atoms with Crippen LogP contribution in [-0.4, -0.2) is 21.7 Å². The molecule has 0 aliphatic carbocycles. The van der Waals surface area contributed by atoms with E-state index in [0.29, 0.717) is 12.3 Å². The molecule has 0 saturated heterocycles. The van der Waals surface area contributed by atoms with Gasteiger partial charge in [0.05, 0.1) is 16.5 Å². The molecular formula is C17H29NO3S. The SMILES string of the molecule is CCC(CCCCCC(=O)OC(C)(C)C)c1ncc(CO)s1. The molecule has 1 heterocycles. The molecule has 4 nitrogen and oxygen atoms in total. The molecule has 1 N–H and O–H groups in total. The Bertz CT molecular complexity index is 451. The number of rotatable bonds is 9. The van der Waals surface area contributed by atoms with Crippen LogP contribution in [0.15, 0.2) is 6.20 Å². The Kier molecular flexibility index (Phi) is 8.04. The second kappa shape index (κ2) is 9.26. The van der Waals surface area contributed by atoms with Gasteiger partial charge in [0.15, 0.2) is 0 Å². The largest absolute Gasteiger partial charge is 0.460 e. The van der Waals surface area contributed by atoms with Gasteiger partial charge in [-0.15, -0.1) is 11.3 Å². The Hall–Kier alpha value is -0.940. The van der Waals surface area contributed by atoms with Gasteiger partial charge in [-0.25, -0.2) is 4.98 Å². The Balaban J connectivity index is 2.23. The minimum atomic E-state index is -0.389. The summed E-state index contributed by atoms with van der Waals surface area (Å²) in [6.07, 6.45) is 7.42. The summed E-state index contributed by atoms with van der Waals surface area (Å²) in [5.41, 5.74) is -0.389. The van der Waals surface area contributed by atoms with Crippen LogP contribution in [0.1, 0.15) is 82.0 Å². The zero-order valence-corrected chi connectivity index (χ0v) is 15.0. The van der Waals surface area contributed by atoms with Crippen LogP contribution in [0.25, 0.3) is 0 Å². The molecular weight excluding hydrogens is 298 g/mol. The number of esters is 1. The minimum absolute atomic E-state index is 0.0734. The highest BCUT2D eigenvalue weighted by atomic mass is 32.1. The van der Waals surface area contributed by atoms with Gasteiger partial charge in [0.1, 0.15) is 5.60 Å². The summed E-state index contributed by atoms with van der Waals surface area (Å²) in [5.74, 6) is 0.360. The van der Waals surface area contributed by atoms with Crippen LogP contribution in [-0.2, 0) is 16.1 Å². The van der Waals surface area contributed by atoms with Crippen molar-refractivity contribution in [3.63, 3.8) is 0 Å². The predicted octanol–water partition coefficient (Wildman–Crippen LogP) is 4.42. The van der Waals surface area contributed by atoms with Gasteiger partial charge in [0.2, 0.25) is 0 Å². The quantitative estimate of drug-likeness (QED) is 0.539. The zero-order valence-electron chi connectivity index (χ0n) is 14.2. The molecule has 1 atom stereocenters. The van der Waals surface area contributed by atoms with Gasteiger partial charge in [0, 0.05) is 18.5 Å². The highest BCUT2D eigenvalue weighted by molar-refractivity contribution is 7.11. The van der Waals surface area contributed by atoms with Crippen LogP contribution in [0.2, 0.25) is 0 Å². The van der Waals surface area contributed by atoms with Gasteiger partial charge in [-0.05, 0) is 40.0 Å². The summed E-state index contributed by atoms with van der Waals surface area (Å²) in [7, 11) is 0. The number of carbonyl (C=O) groups excluding carboxylic acids is 1. The Morgan fingerprint density at radius 2 is 2.09 bits per heavy atom. The second-order valence-electron chi connectivity index (χ2n) is 6.61. The number of unbranched alkanes of at least 4 members (excludes halogenated alkanes) is 2. The molecule has 0 saturated carbocycles. The van der Waals surface area contributed by atoms with E-state index in [9.17, 15) is 4.79 Å². The molecule has 0 amide bonds. The smallest absolute Gasteiger partial charge is 0.306 e. The topological polar surface area (TPSA) is 59.4 Å². The maximum Gasteiger partial charge on any atom is 0.306 e. The number of ether oxygens (including phenoxy) is 1. The van der Waals surface area contributed by atoms with Gasteiger partial charge in [-0.2, -0.15) is 0 Å². The summed E-state index contributed by atoms with van der Waals surface area (Å²) in [6, 6.07) is 0. The van der Waals surface area contributed by atoms with E-state index < -0.39 is 0 Å². The number of hydrogen-bond acceptors (Lipinski definition) is 5. The molecule has 0 fully saturated rings. The van der Waals surface area contributed by atoms with Crippen LogP contribution in [0.3, 0.4) is 0 Å². The number of carbonyl (C=O) groups is 1. The molecule has 5 heteroatoms. The number of aliphatic hydroxyl groups is 1. The van der Waals surface area contributed by atoms with E-state index in [1.165, 1.54) is 0 Å². The highest BCUT2D eigenvalue weighted by Crippen LogP contribution is 2.29. The first-order valence-corrected chi connectivity index (χ1v) is 8.94. The lowest BCUT2D eigenvalue weighted by molar-refractivity contribution is -0.154. The maximum atomic E-state index is 11.6. The molecule has 0 aliphatic heterocycles. The van der Waals surface area contributed by atoms with E-state index in [0.717, 1.165) is 42.0 Å². The Morgan fingerprint density at radius 1 is 1.36 bits per heavy atom. The van der Waals surface area contributed by atoms with Gasteiger partial charge in [-0.1, -0.05) is 19.8 Å². The summed E-state index contributed by atoms with van der Waals surface area (Å²) < 4.78 is 5.30. The van der Waals surface area contributed by atoms with Gasteiger partial charge in [-0.3, -0.25) is 4.79 Å². The maximum absolute atomic E-state index is 11.6. The zero-order chi connectivity index (χ0) is 16.6. The van der Waals surface area contributed by atoms with Crippen molar-refractivity contribution in [1.82, 2.24) is 4.98 Å². The van der Waals surface area contributed by atoms with Crippen LogP contribution in [0.5, 0.6) is 0 Å². The first-order valence-electron chi connectivity index (χ1n) is 8.13. The molecule has 1 aromatic rings. The third-order valence-corrected chi connectivity index (χ3v) is 4.57. The number of hydrogen-bond donors (Lipinski definition) is 1. The van der Waals surface area contributed by atoms with Crippen molar-refractivity contribution in [2.24, 2.45) is 0 Å². The van der Waals surface area contributed by atoms with Gasteiger partial charge in [0.25, 0.3) is 0 Å². The Labute approximate surface area is 137 Å². The van der Waals surface area contributed by atoms with Gasteiger partial charge >= 0.3 is 5.97 Å². The van der Waals surface area contributed by atoms with Crippen molar-refractivity contribution in [3.05, 3.63) is 16.1 Å². The molecule has 1 unspecified atom stereocenters. The fourth-order valence-electron chi connectivity index (χ4n) is 2.32. The molecule has 22 heavy (non-hydrogen) atoms. The van der Waals surface area contributed by atoms with E-state index in [4.69, 9.17) is 9.84 Å². The molecule has 0 radical (unpaired) electrons. The summed E-state index contributed by atoms with van der Waals surface area (Å²) in [6.45, 7) is 7.93. The molecule has 126 valence electrons. The normalized spacial score (nSPS) is 13.1. The molecule has 1 aromatic heterocycles. The van der Waals surface area contributed by atoms with Crippen LogP contribution < -0.4 is 0 Å². The fraction of sp³-hybridized carbons (Fsp3) is 0.765. The number of aliphatic hydroxyl groups excluding tert-OH is 1. The van der Waals surface area contributed by atoms with Crippen molar-refractivity contribution in [2.45, 2.75) is 84.3 Å². The van der Waals surface area contributed by atoms with E-state index >= 15 is 0 Å². The minimum Gasteiger partial charge on any atom is -0.460 e. The van der Waals surface area contributed by atoms with E-state index in [1.54, 1.807) is 17.5 Å². The monoisotopic (exact) mass is 327 g/mol. The standard InChI is InChI=1S/C17H29NO3S/c1-5-13(16-18-11-14(12-19)22-16)9-7-6-8-10-15(20)21-17(2,3)4/h11,13,19H,5-10,12H2,1-4H3. The molecule has 1 rings (SSSR count).